The molecule has 1 aromatic heterocycles. The topological polar surface area (TPSA) is 119 Å². The number of nitro groups is 1. The summed E-state index contributed by atoms with van der Waals surface area (Å²) in [5.74, 6) is -0.125. The Morgan fingerprint density at radius 1 is 1.13 bits per heavy atom. The largest absolute Gasteiger partial charge is 0.423 e. The summed E-state index contributed by atoms with van der Waals surface area (Å²) in [5.41, 5.74) is 3.83. The average Bonchev–Trinajstić information content (AvgIpc) is 2.76. The number of nitrogens with zero attached hydrogens (tertiary/aromatic N) is 3. The number of pyridine rings is 1. The molecule has 0 spiro atoms. The number of nitro benzene ring substituents is 1. The van der Waals surface area contributed by atoms with Gasteiger partial charge in [0.15, 0.2) is 5.11 Å². The molecule has 1 heterocycles. The number of thiocarbonyl (C=S) groups is 1. The Morgan fingerprint density at radius 3 is 2.60 bits per heavy atom. The first-order chi connectivity index (χ1) is 14.5. The van der Waals surface area contributed by atoms with E-state index in [2.05, 4.69) is 20.8 Å². The molecule has 0 aliphatic carbocycles. The second-order valence-corrected chi connectivity index (χ2v) is 6.21. The first kappa shape index (κ1) is 20.6. The van der Waals surface area contributed by atoms with Crippen molar-refractivity contribution in [1.82, 2.24) is 10.4 Å². The van der Waals surface area contributed by atoms with E-state index < -0.39 is 10.9 Å². The normalized spacial score (nSPS) is 10.4. The quantitative estimate of drug-likeness (QED) is 0.155. The number of hydrogen-bond acceptors (Lipinski definition) is 7. The maximum absolute atomic E-state index is 12.0. The van der Waals surface area contributed by atoms with Gasteiger partial charge in [-0.3, -0.25) is 20.5 Å². The molecule has 150 valence electrons. The van der Waals surface area contributed by atoms with Crippen LogP contribution in [0.3, 0.4) is 0 Å². The number of carbonyl (C=O) groups excluding carboxylic acids is 1. The van der Waals surface area contributed by atoms with E-state index in [1.807, 2.05) is 0 Å². The summed E-state index contributed by atoms with van der Waals surface area (Å²) < 4.78 is 5.27. The van der Waals surface area contributed by atoms with E-state index in [4.69, 9.17) is 17.0 Å². The van der Waals surface area contributed by atoms with E-state index in [1.165, 1.54) is 18.5 Å². The van der Waals surface area contributed by atoms with Gasteiger partial charge in [-0.15, -0.1) is 0 Å². The number of benzene rings is 2. The van der Waals surface area contributed by atoms with E-state index in [9.17, 15) is 14.9 Å². The van der Waals surface area contributed by atoms with Gasteiger partial charge in [-0.25, -0.2) is 4.79 Å². The van der Waals surface area contributed by atoms with Crippen molar-refractivity contribution in [3.8, 4) is 5.75 Å². The van der Waals surface area contributed by atoms with E-state index in [-0.39, 0.29) is 16.5 Å². The van der Waals surface area contributed by atoms with Gasteiger partial charge in [0.05, 0.1) is 16.7 Å². The zero-order valence-corrected chi connectivity index (χ0v) is 16.2. The summed E-state index contributed by atoms with van der Waals surface area (Å²) in [4.78, 5) is 26.4. The molecule has 9 nitrogen and oxygen atoms in total. The molecule has 0 saturated heterocycles. The van der Waals surface area contributed by atoms with Crippen LogP contribution in [0, 0.1) is 10.1 Å². The molecule has 10 heteroatoms. The van der Waals surface area contributed by atoms with Gasteiger partial charge >= 0.3 is 5.97 Å². The number of carbonyl (C=O) groups is 1. The Bertz CT molecular complexity index is 1090. The van der Waals surface area contributed by atoms with Crippen LogP contribution in [0.2, 0.25) is 0 Å². The van der Waals surface area contributed by atoms with Crippen molar-refractivity contribution in [3.05, 3.63) is 94.3 Å². The van der Waals surface area contributed by atoms with Crippen LogP contribution in [0.4, 0.5) is 11.4 Å². The third-order valence-electron chi connectivity index (χ3n) is 3.72. The number of aromatic nitrogens is 1. The van der Waals surface area contributed by atoms with Crippen LogP contribution in [0.1, 0.15) is 15.9 Å². The van der Waals surface area contributed by atoms with Gasteiger partial charge in [0, 0.05) is 18.5 Å². The molecule has 30 heavy (non-hydrogen) atoms. The number of hydrazone groups is 1. The van der Waals surface area contributed by atoms with Crippen LogP contribution in [-0.4, -0.2) is 27.2 Å². The third-order valence-corrected chi connectivity index (χ3v) is 3.91. The Balaban J connectivity index is 1.53. The van der Waals surface area contributed by atoms with Crippen molar-refractivity contribution in [2.45, 2.75) is 0 Å². The zero-order valence-electron chi connectivity index (χ0n) is 15.4. The molecule has 0 aliphatic heterocycles. The fourth-order valence-corrected chi connectivity index (χ4v) is 2.49. The number of nitrogens with one attached hydrogen (secondary N) is 2. The highest BCUT2D eigenvalue weighted by Crippen LogP contribution is 2.22. The average molecular weight is 421 g/mol. The molecule has 0 bridgehead atoms. The molecular weight excluding hydrogens is 406 g/mol. The second-order valence-electron chi connectivity index (χ2n) is 5.80. The molecule has 3 rings (SSSR count). The van der Waals surface area contributed by atoms with E-state index in [0.717, 1.165) is 5.56 Å². The van der Waals surface area contributed by atoms with Gasteiger partial charge in [0.25, 0.3) is 5.69 Å². The van der Waals surface area contributed by atoms with Gasteiger partial charge in [0.1, 0.15) is 11.4 Å². The molecule has 0 atom stereocenters. The summed E-state index contributed by atoms with van der Waals surface area (Å²) in [7, 11) is 0. The van der Waals surface area contributed by atoms with Crippen LogP contribution in [0.25, 0.3) is 0 Å². The van der Waals surface area contributed by atoms with Gasteiger partial charge in [-0.05, 0) is 60.2 Å². The molecular formula is C20H15N5O4S. The smallest absolute Gasteiger partial charge is 0.345 e. The highest BCUT2D eigenvalue weighted by Gasteiger charge is 2.12. The Kier molecular flexibility index (Phi) is 6.74. The number of anilines is 1. The van der Waals surface area contributed by atoms with Gasteiger partial charge in [0.2, 0.25) is 0 Å². The summed E-state index contributed by atoms with van der Waals surface area (Å²) >= 11 is 5.09. The minimum atomic E-state index is -0.503. The number of para-hydroxylation sites is 2. The van der Waals surface area contributed by atoms with Crippen molar-refractivity contribution in [3.63, 3.8) is 0 Å². The zero-order chi connectivity index (χ0) is 21.3. The summed E-state index contributed by atoms with van der Waals surface area (Å²) in [6.07, 6.45) is 4.50. The Hall–Kier alpha value is -4.18. The molecule has 0 fully saturated rings. The molecule has 3 aromatic rings. The van der Waals surface area contributed by atoms with E-state index >= 15 is 0 Å². The molecule has 0 aliphatic rings. The molecule has 0 unspecified atom stereocenters. The van der Waals surface area contributed by atoms with Crippen molar-refractivity contribution < 1.29 is 14.5 Å². The molecule has 0 saturated carbocycles. The van der Waals surface area contributed by atoms with Crippen LogP contribution in [0.15, 0.2) is 78.2 Å². The fraction of sp³-hybridized carbons (Fsp3) is 0. The maximum Gasteiger partial charge on any atom is 0.345 e. The lowest BCUT2D eigenvalue weighted by atomic mass is 10.2. The van der Waals surface area contributed by atoms with Crippen LogP contribution in [-0.2, 0) is 0 Å². The van der Waals surface area contributed by atoms with Gasteiger partial charge in [-0.1, -0.05) is 12.1 Å². The Morgan fingerprint density at radius 2 is 1.90 bits per heavy atom. The number of esters is 1. The van der Waals surface area contributed by atoms with Gasteiger partial charge < -0.3 is 10.1 Å². The van der Waals surface area contributed by atoms with E-state index in [1.54, 1.807) is 60.8 Å². The lowest BCUT2D eigenvalue weighted by Crippen LogP contribution is -2.24. The first-order valence-electron chi connectivity index (χ1n) is 8.58. The first-order valence-corrected chi connectivity index (χ1v) is 8.99. The van der Waals surface area contributed by atoms with Crippen molar-refractivity contribution in [1.29, 1.82) is 0 Å². The third kappa shape index (κ3) is 5.66. The van der Waals surface area contributed by atoms with E-state index in [0.29, 0.717) is 11.3 Å². The second kappa shape index (κ2) is 9.85. The number of ether oxygens (including phenoxy) is 1. The fourth-order valence-electron chi connectivity index (χ4n) is 2.33. The highest BCUT2D eigenvalue weighted by atomic mass is 32.1. The lowest BCUT2D eigenvalue weighted by molar-refractivity contribution is -0.383. The lowest BCUT2D eigenvalue weighted by Gasteiger charge is -2.07. The predicted octanol–water partition coefficient (Wildman–Crippen LogP) is 3.53. The molecule has 0 amide bonds. The summed E-state index contributed by atoms with van der Waals surface area (Å²) in [5, 5.41) is 17.8. The van der Waals surface area contributed by atoms with Gasteiger partial charge in [-0.2, -0.15) is 5.10 Å². The summed E-state index contributed by atoms with van der Waals surface area (Å²) in [6, 6.07) is 16.1. The predicted molar refractivity (Wildman–Crippen MR) is 116 cm³/mol. The minimum absolute atomic E-state index is 0.0953. The van der Waals surface area contributed by atoms with Crippen LogP contribution < -0.4 is 15.5 Å². The number of hydrogen-bond donors (Lipinski definition) is 2. The molecule has 2 N–H and O–H groups in total. The highest BCUT2D eigenvalue weighted by molar-refractivity contribution is 7.80. The minimum Gasteiger partial charge on any atom is -0.423 e. The molecule has 0 radical (unpaired) electrons. The maximum atomic E-state index is 12.0. The summed E-state index contributed by atoms with van der Waals surface area (Å²) in [6.45, 7) is 0. The van der Waals surface area contributed by atoms with Crippen molar-refractivity contribution in [2.75, 3.05) is 5.32 Å². The SMILES string of the molecule is O=C(Oc1ccc(C=NNC(=S)Nc2ccccc2[N+](=O)[O-])cc1)c1cccnc1. The van der Waals surface area contributed by atoms with Crippen molar-refractivity contribution >= 4 is 40.9 Å². The standard InChI is InChI=1S/C20H15N5O4S/c26-19(15-4-3-11-21-13-15)29-16-9-7-14(8-10-16)12-22-24-20(30)23-17-5-1-2-6-18(17)25(27)28/h1-13H,(H2,23,24,30). The van der Waals surface area contributed by atoms with Crippen LogP contribution in [0.5, 0.6) is 5.75 Å². The monoisotopic (exact) mass is 421 g/mol. The Labute approximate surface area is 176 Å². The number of rotatable bonds is 6. The van der Waals surface area contributed by atoms with Crippen LogP contribution >= 0.6 is 12.2 Å². The van der Waals surface area contributed by atoms with Crippen molar-refractivity contribution in [2.24, 2.45) is 5.10 Å². The molecule has 2 aromatic carbocycles.